The summed E-state index contributed by atoms with van der Waals surface area (Å²) in [5, 5.41) is 9.24. The second-order valence-corrected chi connectivity index (χ2v) is 5.48. The van der Waals surface area contributed by atoms with E-state index in [0.29, 0.717) is 17.7 Å². The Bertz CT molecular complexity index is 496. The van der Waals surface area contributed by atoms with Crippen LogP contribution in [0.2, 0.25) is 0 Å². The van der Waals surface area contributed by atoms with Gasteiger partial charge in [0.25, 0.3) is 0 Å². The fourth-order valence-corrected chi connectivity index (χ4v) is 2.20. The lowest BCUT2D eigenvalue weighted by Gasteiger charge is -2.17. The first kappa shape index (κ1) is 17.5. The van der Waals surface area contributed by atoms with E-state index in [-0.39, 0.29) is 6.54 Å². The van der Waals surface area contributed by atoms with Crippen molar-refractivity contribution < 1.29 is 19.4 Å². The van der Waals surface area contributed by atoms with Crippen molar-refractivity contribution >= 4 is 23.7 Å². The number of carboxylic acids is 1. The molecule has 0 aromatic heterocycles. The van der Waals surface area contributed by atoms with Crippen LogP contribution in [0.1, 0.15) is 23.7 Å². The molecule has 0 spiro atoms. The van der Waals surface area contributed by atoms with Crippen LogP contribution in [-0.2, 0) is 20.9 Å². The highest BCUT2D eigenvalue weighted by molar-refractivity contribution is 7.98. The zero-order valence-electron chi connectivity index (χ0n) is 11.8. The predicted molar refractivity (Wildman–Crippen MR) is 81.8 cm³/mol. The van der Waals surface area contributed by atoms with Gasteiger partial charge in [0.05, 0.1) is 0 Å². The molecule has 2 atom stereocenters. The number of aliphatic carboxylic acids is 1. The summed E-state index contributed by atoms with van der Waals surface area (Å²) in [6, 6.07) is 5.82. The first-order chi connectivity index (χ1) is 9.99. The third-order valence-electron chi connectivity index (χ3n) is 2.88. The Balaban J connectivity index is 2.82. The van der Waals surface area contributed by atoms with Gasteiger partial charge < -0.3 is 21.3 Å². The highest BCUT2D eigenvalue weighted by atomic mass is 32.2. The van der Waals surface area contributed by atoms with E-state index in [0.717, 1.165) is 5.56 Å². The summed E-state index contributed by atoms with van der Waals surface area (Å²) in [5.74, 6) is -1.25. The summed E-state index contributed by atoms with van der Waals surface area (Å²) in [4.78, 5) is 23.2. The maximum absolute atomic E-state index is 11.8. The lowest BCUT2D eigenvalue weighted by atomic mass is 10.1. The van der Waals surface area contributed by atoms with Gasteiger partial charge >= 0.3 is 11.9 Å². The van der Waals surface area contributed by atoms with Gasteiger partial charge in [0.15, 0.2) is 0 Å². The largest absolute Gasteiger partial charge is 0.478 e. The SMILES string of the molecule is CSCCC(N)C(=O)OC(C(=O)O)c1cccc(CN)c1. The van der Waals surface area contributed by atoms with Gasteiger partial charge in [-0.2, -0.15) is 11.8 Å². The van der Waals surface area contributed by atoms with E-state index >= 15 is 0 Å². The molecule has 7 heteroatoms. The summed E-state index contributed by atoms with van der Waals surface area (Å²) in [6.07, 6.45) is 0.968. The van der Waals surface area contributed by atoms with Crippen molar-refractivity contribution in [1.82, 2.24) is 0 Å². The van der Waals surface area contributed by atoms with E-state index in [1.54, 1.807) is 36.0 Å². The Hall–Kier alpha value is -1.57. The molecule has 0 saturated heterocycles. The van der Waals surface area contributed by atoms with Gasteiger partial charge in [-0.05, 0) is 24.0 Å². The Morgan fingerprint density at radius 3 is 2.71 bits per heavy atom. The predicted octanol–water partition coefficient (Wildman–Crippen LogP) is 0.895. The van der Waals surface area contributed by atoms with Crippen LogP contribution in [0.4, 0.5) is 0 Å². The third kappa shape index (κ3) is 5.37. The lowest BCUT2D eigenvalue weighted by Crippen LogP contribution is -2.35. The van der Waals surface area contributed by atoms with E-state index in [2.05, 4.69) is 0 Å². The minimum Gasteiger partial charge on any atom is -0.478 e. The van der Waals surface area contributed by atoms with E-state index in [4.69, 9.17) is 16.2 Å². The van der Waals surface area contributed by atoms with Crippen molar-refractivity contribution in [2.75, 3.05) is 12.0 Å². The second kappa shape index (κ2) is 8.66. The summed E-state index contributed by atoms with van der Waals surface area (Å²) < 4.78 is 5.04. The van der Waals surface area contributed by atoms with Crippen LogP contribution in [-0.4, -0.2) is 35.1 Å². The molecular weight excluding hydrogens is 292 g/mol. The molecule has 21 heavy (non-hydrogen) atoms. The molecule has 0 fully saturated rings. The summed E-state index contributed by atoms with van der Waals surface area (Å²) in [7, 11) is 0. The molecule has 1 aromatic rings. The van der Waals surface area contributed by atoms with Gasteiger partial charge in [-0.15, -0.1) is 0 Å². The molecule has 0 bridgehead atoms. The topological polar surface area (TPSA) is 116 Å². The Kier molecular flexibility index (Phi) is 7.21. The average molecular weight is 312 g/mol. The van der Waals surface area contributed by atoms with Gasteiger partial charge in [-0.25, -0.2) is 4.79 Å². The second-order valence-electron chi connectivity index (χ2n) is 4.49. The molecule has 0 amide bonds. The normalized spacial score (nSPS) is 13.5. The number of ether oxygens (including phenoxy) is 1. The number of rotatable bonds is 8. The maximum atomic E-state index is 11.8. The minimum atomic E-state index is -1.37. The molecule has 5 N–H and O–H groups in total. The Labute approximate surface area is 127 Å². The van der Waals surface area contributed by atoms with Crippen molar-refractivity contribution in [3.63, 3.8) is 0 Å². The number of carbonyl (C=O) groups excluding carboxylic acids is 1. The molecule has 1 aromatic carbocycles. The first-order valence-electron chi connectivity index (χ1n) is 6.46. The summed E-state index contributed by atoms with van der Waals surface area (Å²) in [6.45, 7) is 0.279. The van der Waals surface area contributed by atoms with E-state index in [1.165, 1.54) is 0 Å². The fraction of sp³-hybridized carbons (Fsp3) is 0.429. The molecule has 1 rings (SSSR count). The molecule has 0 radical (unpaired) electrons. The van der Waals surface area contributed by atoms with Gasteiger partial charge in [-0.1, -0.05) is 24.3 Å². The van der Waals surface area contributed by atoms with Crippen LogP contribution in [0.5, 0.6) is 0 Å². The Morgan fingerprint density at radius 2 is 2.14 bits per heavy atom. The van der Waals surface area contributed by atoms with Crippen molar-refractivity contribution in [2.45, 2.75) is 25.1 Å². The number of hydrogen-bond donors (Lipinski definition) is 3. The van der Waals surface area contributed by atoms with Crippen LogP contribution in [0.3, 0.4) is 0 Å². The fourth-order valence-electron chi connectivity index (χ4n) is 1.71. The van der Waals surface area contributed by atoms with Gasteiger partial charge in [0.2, 0.25) is 6.10 Å². The minimum absolute atomic E-state index is 0.279. The highest BCUT2D eigenvalue weighted by Gasteiger charge is 2.27. The third-order valence-corrected chi connectivity index (χ3v) is 3.53. The van der Waals surface area contributed by atoms with E-state index < -0.39 is 24.1 Å². The molecule has 0 aliphatic rings. The zero-order chi connectivity index (χ0) is 15.8. The smallest absolute Gasteiger partial charge is 0.349 e. The zero-order valence-corrected chi connectivity index (χ0v) is 12.6. The molecule has 2 unspecified atom stereocenters. The molecule has 0 heterocycles. The van der Waals surface area contributed by atoms with Gasteiger partial charge in [0.1, 0.15) is 6.04 Å². The van der Waals surface area contributed by atoms with Crippen LogP contribution < -0.4 is 11.5 Å². The number of hydrogen-bond acceptors (Lipinski definition) is 6. The highest BCUT2D eigenvalue weighted by Crippen LogP contribution is 2.20. The van der Waals surface area contributed by atoms with Crippen molar-refractivity contribution in [1.29, 1.82) is 0 Å². The standard InChI is InChI=1S/C14H20N2O4S/c1-21-6-5-11(16)14(19)20-12(13(17)18)10-4-2-3-9(7-10)8-15/h2-4,7,11-12H,5-6,8,15-16H2,1H3,(H,17,18). The maximum Gasteiger partial charge on any atom is 0.349 e. The molecule has 6 nitrogen and oxygen atoms in total. The number of carboxylic acid groups (broad SMARTS) is 1. The van der Waals surface area contributed by atoms with Crippen LogP contribution >= 0.6 is 11.8 Å². The van der Waals surface area contributed by atoms with Crippen LogP contribution in [0.15, 0.2) is 24.3 Å². The number of thioether (sulfide) groups is 1. The molecule has 116 valence electrons. The van der Waals surface area contributed by atoms with Crippen molar-refractivity contribution in [2.24, 2.45) is 11.5 Å². The lowest BCUT2D eigenvalue weighted by molar-refractivity contribution is -0.165. The number of esters is 1. The molecule has 0 aliphatic heterocycles. The van der Waals surface area contributed by atoms with Crippen molar-refractivity contribution in [3.05, 3.63) is 35.4 Å². The van der Waals surface area contributed by atoms with Crippen LogP contribution in [0.25, 0.3) is 0 Å². The monoisotopic (exact) mass is 312 g/mol. The summed E-state index contributed by atoms with van der Waals surface area (Å²) in [5.41, 5.74) is 12.3. The first-order valence-corrected chi connectivity index (χ1v) is 7.85. The molecular formula is C14H20N2O4S. The van der Waals surface area contributed by atoms with Gasteiger partial charge in [0, 0.05) is 12.1 Å². The van der Waals surface area contributed by atoms with E-state index in [1.807, 2.05) is 6.26 Å². The molecule has 0 saturated carbocycles. The number of benzene rings is 1. The number of nitrogens with two attached hydrogens (primary N) is 2. The van der Waals surface area contributed by atoms with Crippen molar-refractivity contribution in [3.8, 4) is 0 Å². The average Bonchev–Trinajstić information content (AvgIpc) is 2.49. The summed E-state index contributed by atoms with van der Waals surface area (Å²) >= 11 is 1.56. The molecule has 0 aliphatic carbocycles. The number of carbonyl (C=O) groups is 2. The van der Waals surface area contributed by atoms with Crippen LogP contribution in [0, 0.1) is 0 Å². The Morgan fingerprint density at radius 1 is 1.43 bits per heavy atom. The quantitative estimate of drug-likeness (QED) is 0.610. The van der Waals surface area contributed by atoms with E-state index in [9.17, 15) is 14.7 Å². The van der Waals surface area contributed by atoms with Gasteiger partial charge in [-0.3, -0.25) is 4.79 Å².